The van der Waals surface area contributed by atoms with Crippen LogP contribution in [0.2, 0.25) is 0 Å². The predicted octanol–water partition coefficient (Wildman–Crippen LogP) is 4.49. The summed E-state index contributed by atoms with van der Waals surface area (Å²) >= 11 is 0. The average molecular weight is 292 g/mol. The van der Waals surface area contributed by atoms with Crippen LogP contribution in [0.4, 0.5) is 11.6 Å². The lowest BCUT2D eigenvalue weighted by molar-refractivity contribution is 0.436. The van der Waals surface area contributed by atoms with Crippen molar-refractivity contribution in [3.8, 4) is 0 Å². The zero-order valence-electron chi connectivity index (χ0n) is 14.4. The Morgan fingerprint density at radius 2 is 1.67 bits per heavy atom. The minimum Gasteiger partial charge on any atom is -0.370 e. The highest BCUT2D eigenvalue weighted by molar-refractivity contribution is 5.57. The molecule has 1 aromatic heterocycles. The highest BCUT2D eigenvalue weighted by Crippen LogP contribution is 2.24. The molecule has 0 spiro atoms. The van der Waals surface area contributed by atoms with Gasteiger partial charge in [0.1, 0.15) is 18.0 Å². The van der Waals surface area contributed by atoms with E-state index in [0.29, 0.717) is 12.0 Å². The van der Waals surface area contributed by atoms with Crippen molar-refractivity contribution in [3.63, 3.8) is 0 Å². The van der Waals surface area contributed by atoms with Gasteiger partial charge in [0.05, 0.1) is 0 Å². The van der Waals surface area contributed by atoms with Crippen LogP contribution in [0, 0.1) is 5.92 Å². The van der Waals surface area contributed by atoms with Gasteiger partial charge in [-0.25, -0.2) is 9.97 Å². The minimum absolute atomic E-state index is 0.435. The Labute approximate surface area is 130 Å². The van der Waals surface area contributed by atoms with Gasteiger partial charge in [-0.05, 0) is 25.7 Å². The van der Waals surface area contributed by atoms with Gasteiger partial charge < -0.3 is 10.6 Å². The molecule has 0 aliphatic heterocycles. The van der Waals surface area contributed by atoms with E-state index < -0.39 is 0 Å². The van der Waals surface area contributed by atoms with Crippen LogP contribution in [-0.4, -0.2) is 22.6 Å². The fourth-order valence-electron chi connectivity index (χ4n) is 2.75. The van der Waals surface area contributed by atoms with E-state index in [4.69, 9.17) is 0 Å². The highest BCUT2D eigenvalue weighted by Gasteiger charge is 2.17. The highest BCUT2D eigenvalue weighted by atomic mass is 15.1. The Bertz CT molecular complexity index is 402. The maximum atomic E-state index is 4.49. The van der Waals surface area contributed by atoms with Gasteiger partial charge in [-0.2, -0.15) is 0 Å². The van der Waals surface area contributed by atoms with Crippen LogP contribution in [-0.2, 0) is 6.42 Å². The maximum absolute atomic E-state index is 4.49. The van der Waals surface area contributed by atoms with E-state index in [0.717, 1.165) is 37.4 Å². The van der Waals surface area contributed by atoms with Crippen LogP contribution in [0.5, 0.6) is 0 Å². The van der Waals surface area contributed by atoms with Gasteiger partial charge in [-0.3, -0.25) is 0 Å². The number of anilines is 2. The third kappa shape index (κ3) is 5.18. The molecule has 0 saturated carbocycles. The van der Waals surface area contributed by atoms with Crippen molar-refractivity contribution in [2.75, 3.05) is 17.2 Å². The Hall–Kier alpha value is -1.32. The zero-order valence-corrected chi connectivity index (χ0v) is 14.4. The number of nitrogens with one attached hydrogen (secondary N) is 2. The van der Waals surface area contributed by atoms with Crippen LogP contribution >= 0.6 is 0 Å². The molecule has 0 bridgehead atoms. The van der Waals surface area contributed by atoms with E-state index in [2.05, 4.69) is 55.2 Å². The summed E-state index contributed by atoms with van der Waals surface area (Å²) in [7, 11) is 0. The number of nitrogens with zero attached hydrogens (tertiary/aromatic N) is 2. The molecular formula is C17H32N4. The lowest BCUT2D eigenvalue weighted by Crippen LogP contribution is -2.26. The van der Waals surface area contributed by atoms with E-state index >= 15 is 0 Å². The van der Waals surface area contributed by atoms with Gasteiger partial charge in [0.15, 0.2) is 0 Å². The number of rotatable bonds is 10. The summed E-state index contributed by atoms with van der Waals surface area (Å²) in [4.78, 5) is 8.92. The van der Waals surface area contributed by atoms with Crippen molar-refractivity contribution in [1.29, 1.82) is 0 Å². The fourth-order valence-corrected chi connectivity index (χ4v) is 2.75. The van der Waals surface area contributed by atoms with Crippen molar-refractivity contribution < 1.29 is 0 Å². The van der Waals surface area contributed by atoms with Gasteiger partial charge in [0.25, 0.3) is 0 Å². The second-order valence-electron chi connectivity index (χ2n) is 5.74. The first-order valence-corrected chi connectivity index (χ1v) is 8.52. The van der Waals surface area contributed by atoms with E-state index in [1.54, 1.807) is 6.33 Å². The van der Waals surface area contributed by atoms with Gasteiger partial charge in [0, 0.05) is 18.2 Å². The van der Waals surface area contributed by atoms with E-state index in [-0.39, 0.29) is 0 Å². The standard InChI is InChI=1S/C17H32N4/c1-6-10-15-16(18-11-7-2)19-12-20-17(15)21-13(5)14(8-3)9-4/h12-14H,6-11H2,1-5H3,(H2,18,19,20,21). The van der Waals surface area contributed by atoms with E-state index in [9.17, 15) is 0 Å². The molecule has 1 aromatic rings. The van der Waals surface area contributed by atoms with Crippen LogP contribution in [0.15, 0.2) is 6.33 Å². The molecule has 0 saturated heterocycles. The second-order valence-corrected chi connectivity index (χ2v) is 5.74. The topological polar surface area (TPSA) is 49.8 Å². The minimum atomic E-state index is 0.435. The smallest absolute Gasteiger partial charge is 0.134 e. The van der Waals surface area contributed by atoms with E-state index in [1.807, 2.05) is 0 Å². The quantitative estimate of drug-likeness (QED) is 0.667. The first kappa shape index (κ1) is 17.7. The second kappa shape index (κ2) is 9.59. The van der Waals surface area contributed by atoms with Crippen molar-refractivity contribution in [2.45, 2.75) is 72.8 Å². The van der Waals surface area contributed by atoms with Gasteiger partial charge >= 0.3 is 0 Å². The third-order valence-corrected chi connectivity index (χ3v) is 4.11. The van der Waals surface area contributed by atoms with Crippen LogP contribution in [0.1, 0.15) is 65.9 Å². The van der Waals surface area contributed by atoms with Crippen LogP contribution in [0.25, 0.3) is 0 Å². The third-order valence-electron chi connectivity index (χ3n) is 4.11. The van der Waals surface area contributed by atoms with Crippen molar-refractivity contribution in [3.05, 3.63) is 11.9 Å². The normalized spacial score (nSPS) is 12.5. The molecule has 120 valence electrons. The Morgan fingerprint density at radius 1 is 1.00 bits per heavy atom. The molecule has 0 aliphatic rings. The summed E-state index contributed by atoms with van der Waals surface area (Å²) in [6.07, 6.45) is 7.26. The number of hydrogen-bond acceptors (Lipinski definition) is 4. The molecule has 2 N–H and O–H groups in total. The SMILES string of the molecule is CCCNc1ncnc(NC(C)C(CC)CC)c1CCC. The zero-order chi connectivity index (χ0) is 15.7. The summed E-state index contributed by atoms with van der Waals surface area (Å²) < 4.78 is 0. The van der Waals surface area contributed by atoms with Crippen molar-refractivity contribution in [1.82, 2.24) is 9.97 Å². The lowest BCUT2D eigenvalue weighted by atomic mass is 9.95. The molecule has 1 atom stereocenters. The molecule has 0 amide bonds. The molecule has 4 nitrogen and oxygen atoms in total. The summed E-state index contributed by atoms with van der Waals surface area (Å²) in [5, 5.41) is 7.05. The summed E-state index contributed by atoms with van der Waals surface area (Å²) in [6, 6.07) is 0.435. The Balaban J connectivity index is 2.93. The summed E-state index contributed by atoms with van der Waals surface area (Å²) in [6.45, 7) is 12.1. The fraction of sp³-hybridized carbons (Fsp3) is 0.765. The first-order valence-electron chi connectivity index (χ1n) is 8.52. The van der Waals surface area contributed by atoms with Crippen molar-refractivity contribution >= 4 is 11.6 Å². The molecule has 21 heavy (non-hydrogen) atoms. The van der Waals surface area contributed by atoms with Crippen LogP contribution < -0.4 is 10.6 Å². The van der Waals surface area contributed by atoms with Crippen LogP contribution in [0.3, 0.4) is 0 Å². The molecule has 4 heteroatoms. The molecule has 1 unspecified atom stereocenters. The number of hydrogen-bond donors (Lipinski definition) is 2. The number of aromatic nitrogens is 2. The summed E-state index contributed by atoms with van der Waals surface area (Å²) in [5.74, 6) is 2.68. The molecular weight excluding hydrogens is 260 g/mol. The molecule has 0 aliphatic carbocycles. The van der Waals surface area contributed by atoms with E-state index in [1.165, 1.54) is 18.4 Å². The molecule has 1 rings (SSSR count). The monoisotopic (exact) mass is 292 g/mol. The first-order chi connectivity index (χ1) is 10.2. The lowest BCUT2D eigenvalue weighted by Gasteiger charge is -2.24. The van der Waals surface area contributed by atoms with Gasteiger partial charge in [-0.15, -0.1) is 0 Å². The average Bonchev–Trinajstić information content (AvgIpc) is 2.49. The van der Waals surface area contributed by atoms with Gasteiger partial charge in [0.2, 0.25) is 0 Å². The molecule has 0 radical (unpaired) electrons. The molecule has 1 heterocycles. The molecule has 0 aromatic carbocycles. The maximum Gasteiger partial charge on any atom is 0.134 e. The Kier molecular flexibility index (Phi) is 8.09. The largest absolute Gasteiger partial charge is 0.370 e. The Morgan fingerprint density at radius 3 is 2.24 bits per heavy atom. The van der Waals surface area contributed by atoms with Crippen molar-refractivity contribution in [2.24, 2.45) is 5.92 Å². The predicted molar refractivity (Wildman–Crippen MR) is 92.0 cm³/mol. The van der Waals surface area contributed by atoms with Gasteiger partial charge in [-0.1, -0.05) is 47.0 Å². The molecule has 0 fully saturated rings. The summed E-state index contributed by atoms with van der Waals surface area (Å²) in [5.41, 5.74) is 1.23.